The van der Waals surface area contributed by atoms with Gasteiger partial charge < -0.3 is 4.90 Å². The van der Waals surface area contributed by atoms with Crippen LogP contribution >= 0.6 is 0 Å². The highest BCUT2D eigenvalue weighted by Gasteiger charge is 2.21. The van der Waals surface area contributed by atoms with Crippen molar-refractivity contribution in [2.75, 3.05) is 52.4 Å². The molecule has 2 fully saturated rings. The molecule has 1 aromatic carbocycles. The molecule has 0 unspecified atom stereocenters. The van der Waals surface area contributed by atoms with E-state index in [1.807, 2.05) is 10.7 Å². The van der Waals surface area contributed by atoms with Gasteiger partial charge in [-0.2, -0.15) is 10.4 Å². The van der Waals surface area contributed by atoms with Crippen molar-refractivity contribution in [3.05, 3.63) is 42.1 Å². The Morgan fingerprint density at radius 3 is 2.17 bits per heavy atom. The highest BCUT2D eigenvalue weighted by atomic mass is 15.3. The zero-order valence-corrected chi connectivity index (χ0v) is 17.3. The van der Waals surface area contributed by atoms with Gasteiger partial charge in [0.1, 0.15) is 0 Å². The molecule has 1 aromatic heterocycles. The summed E-state index contributed by atoms with van der Waals surface area (Å²) in [5.41, 5.74) is 3.47. The molecule has 2 aliphatic rings. The first-order valence-electron chi connectivity index (χ1n) is 11.0. The van der Waals surface area contributed by atoms with E-state index < -0.39 is 0 Å². The average molecular weight is 393 g/mol. The number of benzene rings is 1. The van der Waals surface area contributed by atoms with Gasteiger partial charge in [0.25, 0.3) is 0 Å². The lowest BCUT2D eigenvalue weighted by atomic mass is 10.1. The molecule has 2 aromatic rings. The number of nitriles is 1. The normalized spacial score (nSPS) is 18.9. The molecule has 2 aliphatic heterocycles. The van der Waals surface area contributed by atoms with Crippen molar-refractivity contribution < 1.29 is 0 Å². The van der Waals surface area contributed by atoms with Crippen molar-refractivity contribution in [3.63, 3.8) is 0 Å². The molecular formula is C23H32N6. The largest absolute Gasteiger partial charge is 0.302 e. The standard InChI is InChI=1S/C23H32N6/c24-9-6-12-29-20-22(23(25-29)21-7-2-1-3-8-21)19-28-17-15-27(16-18-28)14-13-26-10-4-5-11-26/h1-3,7-8,20H,4-6,10-19H2. The molecular weight excluding hydrogens is 360 g/mol. The van der Waals surface area contributed by atoms with Gasteiger partial charge >= 0.3 is 0 Å². The first kappa shape index (κ1) is 20.1. The van der Waals surface area contributed by atoms with Crippen LogP contribution in [0.25, 0.3) is 11.3 Å². The zero-order chi connectivity index (χ0) is 19.9. The molecule has 6 heteroatoms. The maximum Gasteiger partial charge on any atom is 0.0968 e. The molecule has 0 saturated carbocycles. The van der Waals surface area contributed by atoms with Gasteiger partial charge in [0, 0.05) is 63.1 Å². The number of rotatable bonds is 8. The summed E-state index contributed by atoms with van der Waals surface area (Å²) in [6.07, 6.45) is 5.38. The van der Waals surface area contributed by atoms with E-state index in [1.165, 1.54) is 44.6 Å². The average Bonchev–Trinajstić information content (AvgIpc) is 3.42. The number of aryl methyl sites for hydroxylation is 1. The zero-order valence-electron chi connectivity index (χ0n) is 17.3. The molecule has 0 spiro atoms. The van der Waals surface area contributed by atoms with Crippen LogP contribution in [0, 0.1) is 11.3 Å². The van der Waals surface area contributed by atoms with Gasteiger partial charge in [0.2, 0.25) is 0 Å². The third kappa shape index (κ3) is 5.45. The molecule has 154 valence electrons. The summed E-state index contributed by atoms with van der Waals surface area (Å²) in [6.45, 7) is 11.1. The van der Waals surface area contributed by atoms with Crippen LogP contribution in [0.2, 0.25) is 0 Å². The van der Waals surface area contributed by atoms with Crippen molar-refractivity contribution >= 4 is 0 Å². The van der Waals surface area contributed by atoms with Crippen LogP contribution in [-0.4, -0.2) is 76.8 Å². The second kappa shape index (κ2) is 10.0. The summed E-state index contributed by atoms with van der Waals surface area (Å²) < 4.78 is 1.94. The fraction of sp³-hybridized carbons (Fsp3) is 0.565. The van der Waals surface area contributed by atoms with Crippen LogP contribution in [0.5, 0.6) is 0 Å². The molecule has 6 nitrogen and oxygen atoms in total. The second-order valence-corrected chi connectivity index (χ2v) is 8.21. The van der Waals surface area contributed by atoms with E-state index in [0.717, 1.165) is 44.0 Å². The van der Waals surface area contributed by atoms with Crippen LogP contribution in [0.3, 0.4) is 0 Å². The van der Waals surface area contributed by atoms with Crippen LogP contribution in [0.4, 0.5) is 0 Å². The van der Waals surface area contributed by atoms with Crippen LogP contribution < -0.4 is 0 Å². The smallest absolute Gasteiger partial charge is 0.0968 e. The summed E-state index contributed by atoms with van der Waals surface area (Å²) in [4.78, 5) is 7.77. The maximum atomic E-state index is 8.91. The van der Waals surface area contributed by atoms with Gasteiger partial charge in [0.05, 0.1) is 24.7 Å². The maximum absolute atomic E-state index is 8.91. The fourth-order valence-corrected chi connectivity index (χ4v) is 4.40. The van der Waals surface area contributed by atoms with Gasteiger partial charge in [-0.05, 0) is 25.9 Å². The Kier molecular flexibility index (Phi) is 6.94. The first-order chi connectivity index (χ1) is 14.3. The summed E-state index contributed by atoms with van der Waals surface area (Å²) >= 11 is 0. The molecule has 0 atom stereocenters. The number of hydrogen-bond donors (Lipinski definition) is 0. The molecule has 0 radical (unpaired) electrons. The van der Waals surface area contributed by atoms with Crippen molar-refractivity contribution in [3.8, 4) is 17.3 Å². The minimum atomic E-state index is 0.491. The third-order valence-corrected chi connectivity index (χ3v) is 6.13. The molecule has 29 heavy (non-hydrogen) atoms. The molecule has 0 aliphatic carbocycles. The monoisotopic (exact) mass is 392 g/mol. The second-order valence-electron chi connectivity index (χ2n) is 8.21. The lowest BCUT2D eigenvalue weighted by Crippen LogP contribution is -2.47. The Bertz CT molecular complexity index is 795. The van der Waals surface area contributed by atoms with Crippen molar-refractivity contribution in [2.24, 2.45) is 0 Å². The Morgan fingerprint density at radius 2 is 1.48 bits per heavy atom. The quantitative estimate of drug-likeness (QED) is 0.691. The number of piperazine rings is 1. The third-order valence-electron chi connectivity index (χ3n) is 6.13. The van der Waals surface area contributed by atoms with Gasteiger partial charge in [0.15, 0.2) is 0 Å². The van der Waals surface area contributed by atoms with E-state index in [2.05, 4.69) is 51.2 Å². The van der Waals surface area contributed by atoms with Crippen molar-refractivity contribution in [2.45, 2.75) is 32.4 Å². The molecule has 3 heterocycles. The fourth-order valence-electron chi connectivity index (χ4n) is 4.40. The van der Waals surface area contributed by atoms with Crippen molar-refractivity contribution in [1.82, 2.24) is 24.5 Å². The molecule has 0 amide bonds. The Hall–Kier alpha value is -2.20. The van der Waals surface area contributed by atoms with Crippen LogP contribution in [-0.2, 0) is 13.1 Å². The van der Waals surface area contributed by atoms with Crippen molar-refractivity contribution in [1.29, 1.82) is 5.26 Å². The van der Waals surface area contributed by atoms with E-state index in [0.29, 0.717) is 13.0 Å². The lowest BCUT2D eigenvalue weighted by Gasteiger charge is -2.35. The predicted molar refractivity (Wildman–Crippen MR) is 115 cm³/mol. The van der Waals surface area contributed by atoms with E-state index in [4.69, 9.17) is 10.4 Å². The Morgan fingerprint density at radius 1 is 0.828 bits per heavy atom. The van der Waals surface area contributed by atoms with E-state index >= 15 is 0 Å². The van der Waals surface area contributed by atoms with Crippen LogP contribution in [0.15, 0.2) is 36.5 Å². The molecule has 0 bridgehead atoms. The minimum absolute atomic E-state index is 0.491. The molecule has 4 rings (SSSR count). The summed E-state index contributed by atoms with van der Waals surface area (Å²) in [7, 11) is 0. The molecule has 0 N–H and O–H groups in total. The first-order valence-corrected chi connectivity index (χ1v) is 11.0. The van der Waals surface area contributed by atoms with E-state index in [-0.39, 0.29) is 0 Å². The Labute approximate surface area is 174 Å². The highest BCUT2D eigenvalue weighted by Crippen LogP contribution is 2.24. The van der Waals surface area contributed by atoms with Gasteiger partial charge in [-0.1, -0.05) is 30.3 Å². The number of nitrogens with zero attached hydrogens (tertiary/aromatic N) is 6. The Balaban J connectivity index is 1.35. The van der Waals surface area contributed by atoms with Gasteiger partial charge in [-0.15, -0.1) is 0 Å². The summed E-state index contributed by atoms with van der Waals surface area (Å²) in [5.74, 6) is 0. The molecule has 2 saturated heterocycles. The van der Waals surface area contributed by atoms with E-state index in [1.54, 1.807) is 0 Å². The SMILES string of the molecule is N#CCCn1cc(CN2CCN(CCN3CCCC3)CC2)c(-c2ccccc2)n1. The minimum Gasteiger partial charge on any atom is -0.302 e. The lowest BCUT2D eigenvalue weighted by molar-refractivity contribution is 0.118. The van der Waals surface area contributed by atoms with E-state index in [9.17, 15) is 0 Å². The highest BCUT2D eigenvalue weighted by molar-refractivity contribution is 5.62. The number of aromatic nitrogens is 2. The summed E-state index contributed by atoms with van der Waals surface area (Å²) in [6, 6.07) is 12.6. The number of likely N-dealkylation sites (tertiary alicyclic amines) is 1. The number of hydrogen-bond acceptors (Lipinski definition) is 5. The van der Waals surface area contributed by atoms with Gasteiger partial charge in [-0.3, -0.25) is 14.5 Å². The van der Waals surface area contributed by atoms with Crippen LogP contribution in [0.1, 0.15) is 24.8 Å². The predicted octanol–water partition coefficient (Wildman–Crippen LogP) is 2.68. The summed E-state index contributed by atoms with van der Waals surface area (Å²) in [5, 5.41) is 13.7. The topological polar surface area (TPSA) is 51.3 Å². The van der Waals surface area contributed by atoms with Gasteiger partial charge in [-0.25, -0.2) is 0 Å².